The Hall–Kier alpha value is -3.68. The molecule has 7 nitrogen and oxygen atoms in total. The van der Waals surface area contributed by atoms with Crippen molar-refractivity contribution in [3.63, 3.8) is 0 Å². The van der Waals surface area contributed by atoms with Crippen LogP contribution in [-0.2, 0) is 11.5 Å². The van der Waals surface area contributed by atoms with E-state index in [4.69, 9.17) is 15.5 Å². The first-order valence-corrected chi connectivity index (χ1v) is 11.9. The fourth-order valence-electron chi connectivity index (χ4n) is 4.18. The van der Waals surface area contributed by atoms with Gasteiger partial charge in [-0.2, -0.15) is 4.89 Å². The van der Waals surface area contributed by atoms with Crippen molar-refractivity contribution in [2.24, 2.45) is 5.73 Å². The van der Waals surface area contributed by atoms with Crippen molar-refractivity contribution < 1.29 is 19.4 Å². The van der Waals surface area contributed by atoms with E-state index in [1.807, 2.05) is 36.4 Å². The van der Waals surface area contributed by atoms with Gasteiger partial charge in [-0.1, -0.05) is 48.5 Å². The van der Waals surface area contributed by atoms with E-state index >= 15 is 0 Å². The van der Waals surface area contributed by atoms with E-state index in [1.54, 1.807) is 12.1 Å². The van der Waals surface area contributed by atoms with Crippen molar-refractivity contribution in [2.45, 2.75) is 19.4 Å². The Bertz CT molecular complexity index is 1110. The third-order valence-electron chi connectivity index (χ3n) is 6.16. The lowest BCUT2D eigenvalue weighted by atomic mass is 10.0. The Morgan fingerprint density at radius 2 is 1.54 bits per heavy atom. The molecule has 0 radical (unpaired) electrons. The summed E-state index contributed by atoms with van der Waals surface area (Å²) < 4.78 is 0. The third-order valence-corrected chi connectivity index (χ3v) is 6.16. The average molecular weight is 474 g/mol. The number of rotatable bonds is 11. The summed E-state index contributed by atoms with van der Waals surface area (Å²) >= 11 is 0. The summed E-state index contributed by atoms with van der Waals surface area (Å²) in [6.45, 7) is 5.00. The molecular formula is C28H31N3O4. The Morgan fingerprint density at radius 1 is 0.857 bits per heavy atom. The quantitative estimate of drug-likeness (QED) is 0.257. The molecule has 0 aliphatic carbocycles. The van der Waals surface area contributed by atoms with Gasteiger partial charge in [0, 0.05) is 43.9 Å². The Morgan fingerprint density at radius 3 is 2.23 bits per heavy atom. The van der Waals surface area contributed by atoms with Crippen molar-refractivity contribution in [3.8, 4) is 5.75 Å². The van der Waals surface area contributed by atoms with E-state index in [0.717, 1.165) is 44.7 Å². The highest BCUT2D eigenvalue weighted by molar-refractivity contribution is 6.01. The topological polar surface area (TPSA) is 85.1 Å². The van der Waals surface area contributed by atoms with E-state index in [1.165, 1.54) is 11.8 Å². The number of piperazine rings is 1. The van der Waals surface area contributed by atoms with Gasteiger partial charge in [0.05, 0.1) is 5.56 Å². The largest absolute Gasteiger partial charge is 0.369 e. The molecule has 0 spiro atoms. The number of nitrogens with zero attached hydrogens (tertiary/aromatic N) is 2. The number of benzene rings is 3. The lowest BCUT2D eigenvalue weighted by molar-refractivity contribution is -0.217. The summed E-state index contributed by atoms with van der Waals surface area (Å²) in [6, 6.07) is 24.7. The molecule has 1 amide bonds. The zero-order valence-corrected chi connectivity index (χ0v) is 19.8. The minimum Gasteiger partial charge on any atom is -0.369 e. The number of anilines is 1. The van der Waals surface area contributed by atoms with Crippen LogP contribution in [0.15, 0.2) is 78.9 Å². The number of para-hydroxylation sites is 1. The van der Waals surface area contributed by atoms with Gasteiger partial charge in [0.1, 0.15) is 6.61 Å². The molecule has 1 fully saturated rings. The summed E-state index contributed by atoms with van der Waals surface area (Å²) in [5, 5.41) is 0. The van der Waals surface area contributed by atoms with Gasteiger partial charge in [0.15, 0.2) is 11.5 Å². The molecule has 35 heavy (non-hydrogen) atoms. The summed E-state index contributed by atoms with van der Waals surface area (Å²) in [4.78, 5) is 40.1. The Balaban J connectivity index is 1.24. The van der Waals surface area contributed by atoms with Crippen LogP contribution in [0.3, 0.4) is 0 Å². The number of Topliss-reactive ketones (excluding diaryl/α,β-unsaturated/α-hetero) is 1. The van der Waals surface area contributed by atoms with Crippen molar-refractivity contribution in [1.82, 2.24) is 4.90 Å². The Kier molecular flexibility index (Phi) is 8.48. The number of hydrogen-bond donors (Lipinski definition) is 1. The highest BCUT2D eigenvalue weighted by Crippen LogP contribution is 2.22. The molecular weight excluding hydrogens is 442 g/mol. The van der Waals surface area contributed by atoms with Gasteiger partial charge < -0.3 is 15.5 Å². The maximum atomic E-state index is 12.8. The summed E-state index contributed by atoms with van der Waals surface area (Å²) in [5.41, 5.74) is 8.28. The monoisotopic (exact) mass is 473 g/mol. The fourth-order valence-corrected chi connectivity index (χ4v) is 4.18. The molecule has 1 aliphatic heterocycles. The SMILES string of the molecule is NC(=O)c1cc(C(=O)CCCN2CCN(c3ccccc3)CC2)ccc1OOCc1ccccc1. The molecule has 0 aromatic heterocycles. The predicted molar refractivity (Wildman–Crippen MR) is 135 cm³/mol. The number of hydrogen-bond acceptors (Lipinski definition) is 6. The van der Waals surface area contributed by atoms with E-state index < -0.39 is 5.91 Å². The minimum atomic E-state index is -0.672. The van der Waals surface area contributed by atoms with Crippen LogP contribution in [0.4, 0.5) is 5.69 Å². The number of amides is 1. The van der Waals surface area contributed by atoms with Gasteiger partial charge in [-0.25, -0.2) is 0 Å². The number of carbonyl (C=O) groups is 2. The van der Waals surface area contributed by atoms with E-state index in [-0.39, 0.29) is 23.7 Å². The van der Waals surface area contributed by atoms with Crippen LogP contribution in [0, 0.1) is 0 Å². The molecule has 0 saturated carbocycles. The summed E-state index contributed by atoms with van der Waals surface area (Å²) in [5.74, 6) is -0.498. The standard InChI is InChI=1S/C28H31N3O4/c29-28(33)25-20-23(13-14-27(25)35-34-21-22-8-3-1-4-9-22)26(32)12-7-15-30-16-18-31(19-17-30)24-10-5-2-6-11-24/h1-6,8-11,13-14,20H,7,12,15-19,21H2,(H2,29,33). The first-order valence-electron chi connectivity index (χ1n) is 11.9. The van der Waals surface area contributed by atoms with Crippen LogP contribution in [0.1, 0.15) is 39.1 Å². The van der Waals surface area contributed by atoms with Gasteiger partial charge >= 0.3 is 0 Å². The first kappa shape index (κ1) is 24.4. The van der Waals surface area contributed by atoms with Crippen molar-refractivity contribution in [2.75, 3.05) is 37.6 Å². The second-order valence-corrected chi connectivity index (χ2v) is 8.60. The summed E-state index contributed by atoms with van der Waals surface area (Å²) in [7, 11) is 0. The highest BCUT2D eigenvalue weighted by Gasteiger charge is 2.18. The van der Waals surface area contributed by atoms with E-state index in [9.17, 15) is 9.59 Å². The van der Waals surface area contributed by atoms with Crippen LogP contribution in [0.2, 0.25) is 0 Å². The minimum absolute atomic E-state index is 0.0211. The molecule has 0 unspecified atom stereocenters. The lowest BCUT2D eigenvalue weighted by Gasteiger charge is -2.36. The van der Waals surface area contributed by atoms with Crippen LogP contribution < -0.4 is 15.5 Å². The maximum Gasteiger partial charge on any atom is 0.252 e. The molecule has 1 aliphatic rings. The highest BCUT2D eigenvalue weighted by atomic mass is 17.2. The van der Waals surface area contributed by atoms with Gasteiger partial charge in [0.25, 0.3) is 5.91 Å². The van der Waals surface area contributed by atoms with Crippen LogP contribution in [0.25, 0.3) is 0 Å². The second kappa shape index (κ2) is 12.1. The van der Waals surface area contributed by atoms with Crippen LogP contribution in [-0.4, -0.2) is 49.3 Å². The molecule has 3 aromatic rings. The zero-order chi connectivity index (χ0) is 24.5. The number of ketones is 1. The molecule has 7 heteroatoms. The predicted octanol–water partition coefficient (Wildman–Crippen LogP) is 4.08. The second-order valence-electron chi connectivity index (χ2n) is 8.60. The van der Waals surface area contributed by atoms with Crippen molar-refractivity contribution in [1.29, 1.82) is 0 Å². The van der Waals surface area contributed by atoms with Crippen molar-refractivity contribution >= 4 is 17.4 Å². The molecule has 2 N–H and O–H groups in total. The molecule has 1 heterocycles. The smallest absolute Gasteiger partial charge is 0.252 e. The lowest BCUT2D eigenvalue weighted by Crippen LogP contribution is -2.46. The normalized spacial score (nSPS) is 14.0. The molecule has 1 saturated heterocycles. The number of primary amides is 1. The Labute approximate surface area is 206 Å². The van der Waals surface area contributed by atoms with Gasteiger partial charge in [-0.3, -0.25) is 14.5 Å². The molecule has 4 rings (SSSR count). The fraction of sp³-hybridized carbons (Fsp3) is 0.286. The van der Waals surface area contributed by atoms with Gasteiger partial charge in [0.2, 0.25) is 0 Å². The first-order chi connectivity index (χ1) is 17.1. The third kappa shape index (κ3) is 6.91. The van der Waals surface area contributed by atoms with Gasteiger partial charge in [-0.05, 0) is 48.9 Å². The van der Waals surface area contributed by atoms with Gasteiger partial charge in [-0.15, -0.1) is 0 Å². The van der Waals surface area contributed by atoms with Crippen LogP contribution >= 0.6 is 0 Å². The van der Waals surface area contributed by atoms with E-state index in [2.05, 4.69) is 34.1 Å². The number of nitrogens with two attached hydrogens (primary N) is 1. The summed E-state index contributed by atoms with van der Waals surface area (Å²) in [6.07, 6.45) is 1.16. The maximum absolute atomic E-state index is 12.8. The van der Waals surface area contributed by atoms with E-state index in [0.29, 0.717) is 12.0 Å². The molecule has 0 bridgehead atoms. The molecule has 3 aromatic carbocycles. The van der Waals surface area contributed by atoms with Crippen LogP contribution in [0.5, 0.6) is 5.75 Å². The zero-order valence-electron chi connectivity index (χ0n) is 19.8. The molecule has 0 atom stereocenters. The van der Waals surface area contributed by atoms with Crippen molar-refractivity contribution in [3.05, 3.63) is 95.6 Å². The number of carbonyl (C=O) groups excluding carboxylic acids is 2. The molecule has 182 valence electrons. The average Bonchev–Trinajstić information content (AvgIpc) is 2.90.